The van der Waals surface area contributed by atoms with Crippen molar-refractivity contribution in [3.05, 3.63) is 0 Å². The highest BCUT2D eigenvalue weighted by Crippen LogP contribution is 2.21. The number of carbonyl (C=O) groups is 1. The minimum absolute atomic E-state index is 0.0662. The second kappa shape index (κ2) is 3.56. The number of aliphatic hydroxyl groups is 1. The van der Waals surface area contributed by atoms with Crippen LogP contribution in [0.3, 0.4) is 0 Å². The maximum absolute atomic E-state index is 10.4. The highest BCUT2D eigenvalue weighted by Gasteiger charge is 2.25. The smallest absolute Gasteiger partial charge is 0.309 e. The fourth-order valence-corrected chi connectivity index (χ4v) is 0.628. The Hall–Kier alpha value is -0.570. The molecule has 0 unspecified atom stereocenters. The summed E-state index contributed by atoms with van der Waals surface area (Å²) in [6.45, 7) is 3.38. The van der Waals surface area contributed by atoms with Crippen molar-refractivity contribution in [3.63, 3.8) is 0 Å². The van der Waals surface area contributed by atoms with Crippen LogP contribution in [-0.2, 0) is 4.79 Å². The van der Waals surface area contributed by atoms with Crippen molar-refractivity contribution in [1.29, 1.82) is 0 Å². The van der Waals surface area contributed by atoms with Crippen LogP contribution in [0.5, 0.6) is 0 Å². The van der Waals surface area contributed by atoms with Crippen LogP contribution >= 0.6 is 0 Å². The number of hydrogen-bond acceptors (Lipinski definition) is 2. The first kappa shape index (κ1) is 9.43. The standard InChI is InChI=1S/C7H14O3/c1-7(2,6(9)10)4-3-5-8/h8H,3-5H2,1-2H3,(H,9,10). The van der Waals surface area contributed by atoms with Crippen LogP contribution in [0.1, 0.15) is 26.7 Å². The zero-order valence-corrected chi connectivity index (χ0v) is 6.42. The van der Waals surface area contributed by atoms with E-state index in [4.69, 9.17) is 10.2 Å². The molecule has 0 heterocycles. The molecule has 0 rings (SSSR count). The zero-order chi connectivity index (χ0) is 8.20. The van der Waals surface area contributed by atoms with Gasteiger partial charge in [-0.05, 0) is 26.7 Å². The number of hydrogen-bond donors (Lipinski definition) is 2. The third kappa shape index (κ3) is 2.82. The van der Waals surface area contributed by atoms with Crippen LogP contribution in [0.4, 0.5) is 0 Å². The molecule has 0 bridgehead atoms. The van der Waals surface area contributed by atoms with Gasteiger partial charge < -0.3 is 10.2 Å². The highest BCUT2D eigenvalue weighted by molar-refractivity contribution is 5.73. The molecule has 0 aromatic rings. The van der Waals surface area contributed by atoms with Crippen LogP contribution < -0.4 is 0 Å². The van der Waals surface area contributed by atoms with Crippen molar-refractivity contribution in [3.8, 4) is 0 Å². The molecular formula is C7H14O3. The Morgan fingerprint density at radius 1 is 1.50 bits per heavy atom. The topological polar surface area (TPSA) is 57.5 Å². The molecule has 0 aromatic heterocycles. The van der Waals surface area contributed by atoms with Crippen molar-refractivity contribution in [2.24, 2.45) is 5.41 Å². The van der Waals surface area contributed by atoms with E-state index in [1.807, 2.05) is 0 Å². The Bertz CT molecular complexity index is 118. The first-order chi connectivity index (χ1) is 4.50. The van der Waals surface area contributed by atoms with Crippen LogP contribution in [0.2, 0.25) is 0 Å². The molecule has 0 radical (unpaired) electrons. The van der Waals surface area contributed by atoms with E-state index >= 15 is 0 Å². The lowest BCUT2D eigenvalue weighted by molar-refractivity contribution is -0.147. The number of rotatable bonds is 4. The summed E-state index contributed by atoms with van der Waals surface area (Å²) in [5.74, 6) is -0.805. The van der Waals surface area contributed by atoms with Crippen LogP contribution in [-0.4, -0.2) is 22.8 Å². The van der Waals surface area contributed by atoms with Crippen molar-refractivity contribution in [1.82, 2.24) is 0 Å². The van der Waals surface area contributed by atoms with E-state index in [0.29, 0.717) is 12.8 Å². The van der Waals surface area contributed by atoms with Crippen LogP contribution in [0, 0.1) is 5.41 Å². The average Bonchev–Trinajstić information content (AvgIpc) is 1.84. The predicted octanol–water partition coefficient (Wildman–Crippen LogP) is 0.870. The predicted molar refractivity (Wildman–Crippen MR) is 37.7 cm³/mol. The monoisotopic (exact) mass is 146 g/mol. The molecule has 0 spiro atoms. The van der Waals surface area contributed by atoms with E-state index in [0.717, 1.165) is 0 Å². The first-order valence-corrected chi connectivity index (χ1v) is 3.35. The normalized spacial score (nSPS) is 11.5. The van der Waals surface area contributed by atoms with Crippen molar-refractivity contribution in [2.75, 3.05) is 6.61 Å². The minimum Gasteiger partial charge on any atom is -0.481 e. The summed E-state index contributed by atoms with van der Waals surface area (Å²) in [7, 11) is 0. The van der Waals surface area contributed by atoms with Gasteiger partial charge in [-0.25, -0.2) is 0 Å². The summed E-state index contributed by atoms with van der Waals surface area (Å²) >= 11 is 0. The molecule has 0 aliphatic carbocycles. The SMILES string of the molecule is CC(C)(CCCO)C(=O)O. The quantitative estimate of drug-likeness (QED) is 0.618. The lowest BCUT2D eigenvalue weighted by atomic mass is 9.88. The molecule has 0 fully saturated rings. The van der Waals surface area contributed by atoms with Gasteiger partial charge in [0.2, 0.25) is 0 Å². The maximum Gasteiger partial charge on any atom is 0.309 e. The number of aliphatic carboxylic acids is 1. The van der Waals surface area contributed by atoms with Gasteiger partial charge >= 0.3 is 5.97 Å². The van der Waals surface area contributed by atoms with E-state index in [1.54, 1.807) is 13.8 Å². The zero-order valence-electron chi connectivity index (χ0n) is 6.42. The molecule has 0 saturated heterocycles. The fourth-order valence-electron chi connectivity index (χ4n) is 0.628. The number of aliphatic hydroxyl groups excluding tert-OH is 1. The third-order valence-electron chi connectivity index (χ3n) is 1.54. The largest absolute Gasteiger partial charge is 0.481 e. The Kier molecular flexibility index (Phi) is 3.36. The van der Waals surface area contributed by atoms with E-state index in [2.05, 4.69) is 0 Å². The molecule has 0 saturated carbocycles. The summed E-state index contributed by atoms with van der Waals surface area (Å²) in [5, 5.41) is 17.0. The molecule has 0 atom stereocenters. The van der Waals surface area contributed by atoms with E-state index in [-0.39, 0.29) is 6.61 Å². The van der Waals surface area contributed by atoms with Gasteiger partial charge in [-0.2, -0.15) is 0 Å². The Labute approximate surface area is 60.7 Å². The van der Waals surface area contributed by atoms with Crippen molar-refractivity contribution in [2.45, 2.75) is 26.7 Å². The van der Waals surface area contributed by atoms with Gasteiger partial charge in [0.15, 0.2) is 0 Å². The Morgan fingerprint density at radius 3 is 2.30 bits per heavy atom. The van der Waals surface area contributed by atoms with E-state index in [1.165, 1.54) is 0 Å². The molecule has 60 valence electrons. The molecule has 2 N–H and O–H groups in total. The van der Waals surface area contributed by atoms with E-state index in [9.17, 15) is 4.79 Å². The molecule has 0 aliphatic heterocycles. The van der Waals surface area contributed by atoms with Gasteiger partial charge in [-0.3, -0.25) is 4.79 Å². The Morgan fingerprint density at radius 2 is 2.00 bits per heavy atom. The summed E-state index contributed by atoms with van der Waals surface area (Å²) in [6, 6.07) is 0. The van der Waals surface area contributed by atoms with Gasteiger partial charge in [0.1, 0.15) is 0 Å². The molecule has 0 aromatic carbocycles. The average molecular weight is 146 g/mol. The fraction of sp³-hybridized carbons (Fsp3) is 0.857. The second-order valence-corrected chi connectivity index (χ2v) is 3.02. The minimum atomic E-state index is -0.805. The highest BCUT2D eigenvalue weighted by atomic mass is 16.4. The lowest BCUT2D eigenvalue weighted by Gasteiger charge is -2.17. The van der Waals surface area contributed by atoms with Gasteiger partial charge in [-0.15, -0.1) is 0 Å². The van der Waals surface area contributed by atoms with E-state index < -0.39 is 11.4 Å². The summed E-state index contributed by atoms with van der Waals surface area (Å²) in [6.07, 6.45) is 1.08. The summed E-state index contributed by atoms with van der Waals surface area (Å²) in [4.78, 5) is 10.4. The van der Waals surface area contributed by atoms with Gasteiger partial charge in [0.05, 0.1) is 5.41 Å². The first-order valence-electron chi connectivity index (χ1n) is 3.35. The maximum atomic E-state index is 10.4. The van der Waals surface area contributed by atoms with Gasteiger partial charge in [0, 0.05) is 6.61 Å². The second-order valence-electron chi connectivity index (χ2n) is 3.02. The molecule has 3 nitrogen and oxygen atoms in total. The van der Waals surface area contributed by atoms with Crippen LogP contribution in [0.15, 0.2) is 0 Å². The van der Waals surface area contributed by atoms with Crippen molar-refractivity contribution < 1.29 is 15.0 Å². The summed E-state index contributed by atoms with van der Waals surface area (Å²) < 4.78 is 0. The Balaban J connectivity index is 3.75. The lowest BCUT2D eigenvalue weighted by Crippen LogP contribution is -2.23. The summed E-state index contributed by atoms with van der Waals surface area (Å²) in [5.41, 5.74) is -0.692. The third-order valence-corrected chi connectivity index (χ3v) is 1.54. The molecule has 3 heteroatoms. The molecule has 0 amide bonds. The van der Waals surface area contributed by atoms with Crippen LogP contribution in [0.25, 0.3) is 0 Å². The number of carboxylic acid groups (broad SMARTS) is 1. The van der Waals surface area contributed by atoms with Crippen molar-refractivity contribution >= 4 is 5.97 Å². The molecular weight excluding hydrogens is 132 g/mol. The van der Waals surface area contributed by atoms with Gasteiger partial charge in [0.25, 0.3) is 0 Å². The number of carboxylic acids is 1. The van der Waals surface area contributed by atoms with Gasteiger partial charge in [-0.1, -0.05) is 0 Å². The molecule has 0 aliphatic rings. The molecule has 10 heavy (non-hydrogen) atoms.